The zero-order chi connectivity index (χ0) is 13.6. The second-order valence-electron chi connectivity index (χ2n) is 6.16. The van der Waals surface area contributed by atoms with Crippen LogP contribution in [0, 0.1) is 11.8 Å². The fraction of sp³-hybridized carbons (Fsp3) is 0.933. The molecule has 1 rings (SSSR count). The van der Waals surface area contributed by atoms with Crippen molar-refractivity contribution in [2.45, 2.75) is 65.3 Å². The van der Waals surface area contributed by atoms with Crippen molar-refractivity contribution in [3.63, 3.8) is 0 Å². The first kappa shape index (κ1) is 15.5. The number of amides is 1. The molecule has 3 heteroatoms. The van der Waals surface area contributed by atoms with E-state index in [9.17, 15) is 4.79 Å². The summed E-state index contributed by atoms with van der Waals surface area (Å²) in [6, 6.07) is 0. The molecule has 18 heavy (non-hydrogen) atoms. The highest BCUT2D eigenvalue weighted by Gasteiger charge is 2.27. The van der Waals surface area contributed by atoms with Crippen LogP contribution in [-0.4, -0.2) is 24.5 Å². The van der Waals surface area contributed by atoms with E-state index in [-0.39, 0.29) is 5.91 Å². The summed E-state index contributed by atoms with van der Waals surface area (Å²) in [4.78, 5) is 12.0. The minimum atomic E-state index is -0.449. The predicted octanol–water partition coefficient (Wildman–Crippen LogP) is 2.71. The van der Waals surface area contributed by atoms with E-state index < -0.39 is 5.54 Å². The van der Waals surface area contributed by atoms with Gasteiger partial charge in [0.25, 0.3) is 0 Å². The molecule has 0 aromatic rings. The van der Waals surface area contributed by atoms with E-state index in [1.165, 1.54) is 32.1 Å². The fourth-order valence-electron chi connectivity index (χ4n) is 2.82. The molecule has 0 saturated heterocycles. The van der Waals surface area contributed by atoms with E-state index in [1.54, 1.807) is 0 Å². The Morgan fingerprint density at radius 3 is 2.17 bits per heavy atom. The minimum Gasteiger partial charge on any atom is -0.354 e. The van der Waals surface area contributed by atoms with Crippen LogP contribution in [0.2, 0.25) is 0 Å². The molecule has 106 valence electrons. The number of carbonyl (C=O) groups is 1. The predicted molar refractivity (Wildman–Crippen MR) is 76.5 cm³/mol. The second kappa shape index (κ2) is 7.13. The van der Waals surface area contributed by atoms with Crippen LogP contribution in [0.1, 0.15) is 59.8 Å². The molecular formula is C15H30N2O. The highest BCUT2D eigenvalue weighted by atomic mass is 16.2. The van der Waals surface area contributed by atoms with Gasteiger partial charge >= 0.3 is 0 Å². The highest BCUT2D eigenvalue weighted by Crippen LogP contribution is 2.30. The number of hydrogen-bond acceptors (Lipinski definition) is 2. The van der Waals surface area contributed by atoms with E-state index >= 15 is 0 Å². The lowest BCUT2D eigenvalue weighted by Gasteiger charge is -2.30. The van der Waals surface area contributed by atoms with Crippen LogP contribution in [0.5, 0.6) is 0 Å². The van der Waals surface area contributed by atoms with E-state index in [4.69, 9.17) is 0 Å². The lowest BCUT2D eigenvalue weighted by Crippen LogP contribution is -2.53. The van der Waals surface area contributed by atoms with Crippen LogP contribution < -0.4 is 10.6 Å². The Morgan fingerprint density at radius 1 is 1.11 bits per heavy atom. The number of likely N-dealkylation sites (N-methyl/N-ethyl adjacent to an activating group) is 1. The fourth-order valence-corrected chi connectivity index (χ4v) is 2.82. The molecule has 0 spiro atoms. The summed E-state index contributed by atoms with van der Waals surface area (Å²) in [6.45, 7) is 9.87. The molecule has 0 atom stereocenters. The first-order chi connectivity index (χ1) is 8.49. The standard InChI is InChI=1S/C15H30N2O/c1-5-12-7-9-13(10-8-12)11-16-14(18)15(3,4)17-6-2/h12-13,17H,5-11H2,1-4H3,(H,16,18). The van der Waals surface area contributed by atoms with Gasteiger partial charge in [0.15, 0.2) is 0 Å². The van der Waals surface area contributed by atoms with Gasteiger partial charge in [0.1, 0.15) is 0 Å². The Morgan fingerprint density at radius 2 is 1.67 bits per heavy atom. The molecule has 0 aliphatic heterocycles. The first-order valence-corrected chi connectivity index (χ1v) is 7.52. The maximum Gasteiger partial charge on any atom is 0.239 e. The normalized spacial score (nSPS) is 24.9. The van der Waals surface area contributed by atoms with E-state index in [0.29, 0.717) is 5.92 Å². The minimum absolute atomic E-state index is 0.127. The Kier molecular flexibility index (Phi) is 6.13. The maximum absolute atomic E-state index is 12.0. The second-order valence-corrected chi connectivity index (χ2v) is 6.16. The summed E-state index contributed by atoms with van der Waals surface area (Å²) < 4.78 is 0. The summed E-state index contributed by atoms with van der Waals surface area (Å²) in [5, 5.41) is 6.32. The largest absolute Gasteiger partial charge is 0.354 e. The van der Waals surface area contributed by atoms with Crippen molar-refractivity contribution >= 4 is 5.91 Å². The lowest BCUT2D eigenvalue weighted by atomic mass is 9.81. The molecule has 0 unspecified atom stereocenters. The molecule has 1 fully saturated rings. The van der Waals surface area contributed by atoms with Crippen LogP contribution in [-0.2, 0) is 4.79 Å². The number of hydrogen-bond donors (Lipinski definition) is 2. The third-order valence-electron chi connectivity index (χ3n) is 4.28. The van der Waals surface area contributed by atoms with Crippen molar-refractivity contribution in [1.29, 1.82) is 0 Å². The molecule has 0 aromatic carbocycles. The van der Waals surface area contributed by atoms with Crippen molar-refractivity contribution in [2.24, 2.45) is 11.8 Å². The Labute approximate surface area is 112 Å². The smallest absolute Gasteiger partial charge is 0.239 e. The molecule has 1 saturated carbocycles. The van der Waals surface area contributed by atoms with Gasteiger partial charge in [-0.15, -0.1) is 0 Å². The zero-order valence-corrected chi connectivity index (χ0v) is 12.5. The van der Waals surface area contributed by atoms with E-state index in [0.717, 1.165) is 19.0 Å². The molecule has 0 heterocycles. The van der Waals surface area contributed by atoms with Crippen molar-refractivity contribution in [3.05, 3.63) is 0 Å². The lowest BCUT2D eigenvalue weighted by molar-refractivity contribution is -0.126. The van der Waals surface area contributed by atoms with Gasteiger partial charge in [-0.05, 0) is 45.1 Å². The Balaban J connectivity index is 2.27. The molecule has 0 bridgehead atoms. The molecule has 1 amide bonds. The molecule has 3 nitrogen and oxygen atoms in total. The van der Waals surface area contributed by atoms with Crippen LogP contribution in [0.4, 0.5) is 0 Å². The molecule has 0 radical (unpaired) electrons. The third kappa shape index (κ3) is 4.60. The van der Waals surface area contributed by atoms with Crippen molar-refractivity contribution in [1.82, 2.24) is 10.6 Å². The van der Waals surface area contributed by atoms with Gasteiger partial charge in [0, 0.05) is 6.54 Å². The van der Waals surface area contributed by atoms with Gasteiger partial charge in [-0.1, -0.05) is 33.1 Å². The summed E-state index contributed by atoms with van der Waals surface area (Å²) in [5.74, 6) is 1.74. The average molecular weight is 254 g/mol. The highest BCUT2D eigenvalue weighted by molar-refractivity contribution is 5.85. The maximum atomic E-state index is 12.0. The molecule has 0 aromatic heterocycles. The van der Waals surface area contributed by atoms with Crippen LogP contribution in [0.25, 0.3) is 0 Å². The molecular weight excluding hydrogens is 224 g/mol. The summed E-state index contributed by atoms with van der Waals surface area (Å²) in [6.07, 6.45) is 6.55. The van der Waals surface area contributed by atoms with Crippen LogP contribution >= 0.6 is 0 Å². The summed E-state index contributed by atoms with van der Waals surface area (Å²) >= 11 is 0. The van der Waals surface area contributed by atoms with E-state index in [1.807, 2.05) is 20.8 Å². The first-order valence-electron chi connectivity index (χ1n) is 7.52. The van der Waals surface area contributed by atoms with Crippen molar-refractivity contribution < 1.29 is 4.79 Å². The summed E-state index contributed by atoms with van der Waals surface area (Å²) in [7, 11) is 0. The van der Waals surface area contributed by atoms with Crippen molar-refractivity contribution in [3.8, 4) is 0 Å². The topological polar surface area (TPSA) is 41.1 Å². The van der Waals surface area contributed by atoms with Gasteiger partial charge in [0.2, 0.25) is 5.91 Å². The molecule has 1 aliphatic carbocycles. The number of nitrogens with one attached hydrogen (secondary N) is 2. The van der Waals surface area contributed by atoms with Crippen molar-refractivity contribution in [2.75, 3.05) is 13.1 Å². The Hall–Kier alpha value is -0.570. The van der Waals surface area contributed by atoms with Gasteiger partial charge in [-0.3, -0.25) is 4.79 Å². The van der Waals surface area contributed by atoms with Crippen LogP contribution in [0.15, 0.2) is 0 Å². The van der Waals surface area contributed by atoms with Gasteiger partial charge < -0.3 is 10.6 Å². The SMILES string of the molecule is CCNC(C)(C)C(=O)NCC1CCC(CC)CC1. The molecule has 2 N–H and O–H groups in total. The van der Waals surface area contributed by atoms with E-state index in [2.05, 4.69) is 17.6 Å². The monoisotopic (exact) mass is 254 g/mol. The van der Waals surface area contributed by atoms with Gasteiger partial charge in [0.05, 0.1) is 5.54 Å². The van der Waals surface area contributed by atoms with Gasteiger partial charge in [-0.25, -0.2) is 0 Å². The number of rotatable bonds is 6. The molecule has 1 aliphatic rings. The third-order valence-corrected chi connectivity index (χ3v) is 4.28. The number of carbonyl (C=O) groups excluding carboxylic acids is 1. The zero-order valence-electron chi connectivity index (χ0n) is 12.5. The Bertz CT molecular complexity index is 255. The van der Waals surface area contributed by atoms with Gasteiger partial charge in [-0.2, -0.15) is 0 Å². The average Bonchev–Trinajstić information content (AvgIpc) is 2.36. The quantitative estimate of drug-likeness (QED) is 0.765. The van der Waals surface area contributed by atoms with Crippen LogP contribution in [0.3, 0.4) is 0 Å². The summed E-state index contributed by atoms with van der Waals surface area (Å²) in [5.41, 5.74) is -0.449.